The highest BCUT2D eigenvalue weighted by atomic mass is 35.5. The van der Waals surface area contributed by atoms with E-state index < -0.39 is 40.8 Å². The summed E-state index contributed by atoms with van der Waals surface area (Å²) in [6.07, 6.45) is -6.10. The first-order valence-corrected chi connectivity index (χ1v) is 12.2. The van der Waals surface area contributed by atoms with Crippen LogP contribution in [0.4, 0.5) is 13.2 Å². The van der Waals surface area contributed by atoms with Gasteiger partial charge in [-0.15, -0.1) is 0 Å². The lowest BCUT2D eigenvalue weighted by molar-refractivity contribution is -0.154. The molecule has 6 nitrogen and oxygen atoms in total. The largest absolute Gasteiger partial charge is 0.479 e. The summed E-state index contributed by atoms with van der Waals surface area (Å²) in [6, 6.07) is 16.2. The standard InChI is InChI=1S/C29H24ClF3O6/c1-16(36-19-11-7-18(30)8-12-19)27(35)38-21-13-14-22-23(15-21)39-26(29(31,32)33)25(24(22)34)37-20-9-5-17(6-10-20)28(2,3)4/h5-16H,1-4H3. The number of carbonyl (C=O) groups is 1. The minimum absolute atomic E-state index is 0.0420. The third-order valence-electron chi connectivity index (χ3n) is 5.70. The SMILES string of the molecule is CC(Oc1ccc(Cl)cc1)C(=O)Oc1ccc2c(=O)c(Oc3ccc(C(C)(C)C)cc3)c(C(F)(F)F)oc2c1. The highest BCUT2D eigenvalue weighted by molar-refractivity contribution is 6.30. The number of rotatable bonds is 6. The van der Waals surface area contributed by atoms with Gasteiger partial charge in [0.05, 0.1) is 5.39 Å². The van der Waals surface area contributed by atoms with Gasteiger partial charge in [0.25, 0.3) is 5.76 Å². The number of esters is 1. The summed E-state index contributed by atoms with van der Waals surface area (Å²) in [6.45, 7) is 7.40. The Morgan fingerprint density at radius 1 is 0.897 bits per heavy atom. The van der Waals surface area contributed by atoms with Crippen LogP contribution in [0.1, 0.15) is 39.0 Å². The smallest absolute Gasteiger partial charge is 0.453 e. The zero-order chi connectivity index (χ0) is 28.5. The predicted molar refractivity (Wildman–Crippen MR) is 140 cm³/mol. The maximum atomic E-state index is 13.9. The Kier molecular flexibility index (Phi) is 7.66. The number of hydrogen-bond acceptors (Lipinski definition) is 6. The van der Waals surface area contributed by atoms with E-state index in [2.05, 4.69) is 0 Å². The molecule has 1 heterocycles. The van der Waals surface area contributed by atoms with E-state index in [9.17, 15) is 22.8 Å². The quantitative estimate of drug-likeness (QED) is 0.176. The number of hydrogen-bond donors (Lipinski definition) is 0. The van der Waals surface area contributed by atoms with Crippen molar-refractivity contribution in [2.45, 2.75) is 45.4 Å². The van der Waals surface area contributed by atoms with Gasteiger partial charge in [-0.2, -0.15) is 13.2 Å². The second-order valence-electron chi connectivity index (χ2n) is 9.76. The molecule has 0 spiro atoms. The fourth-order valence-corrected chi connectivity index (χ4v) is 3.73. The van der Waals surface area contributed by atoms with Crippen LogP contribution in [-0.2, 0) is 16.4 Å². The van der Waals surface area contributed by atoms with Crippen molar-refractivity contribution in [1.29, 1.82) is 0 Å². The zero-order valence-corrected chi connectivity index (χ0v) is 22.1. The van der Waals surface area contributed by atoms with Gasteiger partial charge in [0.15, 0.2) is 6.10 Å². The Morgan fingerprint density at radius 2 is 1.49 bits per heavy atom. The fourth-order valence-electron chi connectivity index (χ4n) is 3.60. The van der Waals surface area contributed by atoms with E-state index in [4.69, 9.17) is 30.2 Å². The highest BCUT2D eigenvalue weighted by Crippen LogP contribution is 2.39. The van der Waals surface area contributed by atoms with E-state index in [0.29, 0.717) is 10.8 Å². The van der Waals surface area contributed by atoms with Crippen LogP contribution < -0.4 is 19.6 Å². The molecule has 1 unspecified atom stereocenters. The van der Waals surface area contributed by atoms with E-state index in [1.807, 2.05) is 20.8 Å². The molecule has 0 saturated heterocycles. The molecule has 0 bridgehead atoms. The van der Waals surface area contributed by atoms with Crippen LogP contribution >= 0.6 is 11.6 Å². The van der Waals surface area contributed by atoms with Gasteiger partial charge in [0, 0.05) is 11.1 Å². The third-order valence-corrected chi connectivity index (χ3v) is 5.95. The summed E-state index contributed by atoms with van der Waals surface area (Å²) < 4.78 is 62.9. The van der Waals surface area contributed by atoms with Crippen molar-refractivity contribution in [2.75, 3.05) is 0 Å². The van der Waals surface area contributed by atoms with Crippen molar-refractivity contribution in [3.63, 3.8) is 0 Å². The van der Waals surface area contributed by atoms with Crippen LogP contribution in [0.3, 0.4) is 0 Å². The number of ether oxygens (including phenoxy) is 3. The first kappa shape index (κ1) is 28.0. The Labute approximate surface area is 226 Å². The van der Waals surface area contributed by atoms with Crippen molar-refractivity contribution in [3.8, 4) is 23.0 Å². The Bertz CT molecular complexity index is 1550. The average molecular weight is 561 g/mol. The van der Waals surface area contributed by atoms with E-state index in [1.165, 1.54) is 31.2 Å². The van der Waals surface area contributed by atoms with Gasteiger partial charge in [-0.3, -0.25) is 4.79 Å². The van der Waals surface area contributed by atoms with E-state index >= 15 is 0 Å². The summed E-state index contributed by atoms with van der Waals surface area (Å²) in [5, 5.41) is 0.301. The van der Waals surface area contributed by atoms with Crippen LogP contribution in [0.2, 0.25) is 5.02 Å². The molecule has 0 aliphatic rings. The summed E-state index contributed by atoms with van der Waals surface area (Å²) in [5.41, 5.74) is -0.704. The lowest BCUT2D eigenvalue weighted by atomic mass is 9.87. The van der Waals surface area contributed by atoms with Crippen molar-refractivity contribution in [1.82, 2.24) is 0 Å². The number of fused-ring (bicyclic) bond motifs is 1. The van der Waals surface area contributed by atoms with Gasteiger partial charge < -0.3 is 18.6 Å². The first-order valence-electron chi connectivity index (χ1n) is 11.8. The number of benzene rings is 3. The Balaban J connectivity index is 1.62. The number of halogens is 4. The molecular formula is C29H24ClF3O6. The molecular weight excluding hydrogens is 537 g/mol. The van der Waals surface area contributed by atoms with Crippen LogP contribution in [0.5, 0.6) is 23.0 Å². The van der Waals surface area contributed by atoms with Crippen LogP contribution in [0.15, 0.2) is 75.9 Å². The zero-order valence-electron chi connectivity index (χ0n) is 21.4. The minimum atomic E-state index is -5.04. The molecule has 1 atom stereocenters. The van der Waals surface area contributed by atoms with Crippen LogP contribution in [0.25, 0.3) is 11.0 Å². The topological polar surface area (TPSA) is 75.0 Å². The highest BCUT2D eigenvalue weighted by Gasteiger charge is 2.40. The van der Waals surface area contributed by atoms with Crippen LogP contribution in [-0.4, -0.2) is 12.1 Å². The molecule has 204 valence electrons. The molecule has 0 fully saturated rings. The molecule has 10 heteroatoms. The van der Waals surface area contributed by atoms with Crippen molar-refractivity contribution < 1.29 is 36.6 Å². The molecule has 4 rings (SSSR count). The van der Waals surface area contributed by atoms with E-state index in [-0.39, 0.29) is 22.3 Å². The second kappa shape index (κ2) is 10.6. The summed E-state index contributed by atoms with van der Waals surface area (Å²) >= 11 is 5.83. The van der Waals surface area contributed by atoms with Gasteiger partial charge in [-0.1, -0.05) is 44.5 Å². The molecule has 0 amide bonds. The summed E-state index contributed by atoms with van der Waals surface area (Å²) in [5.74, 6) is -3.15. The van der Waals surface area contributed by atoms with Gasteiger partial charge in [-0.25, -0.2) is 4.79 Å². The van der Waals surface area contributed by atoms with Gasteiger partial charge in [0.2, 0.25) is 11.2 Å². The maximum absolute atomic E-state index is 13.9. The first-order chi connectivity index (χ1) is 18.2. The molecule has 4 aromatic rings. The third kappa shape index (κ3) is 6.54. The van der Waals surface area contributed by atoms with Gasteiger partial charge in [0.1, 0.15) is 22.8 Å². The van der Waals surface area contributed by atoms with Crippen molar-refractivity contribution in [3.05, 3.63) is 93.3 Å². The lowest BCUT2D eigenvalue weighted by Gasteiger charge is -2.19. The molecule has 0 aliphatic carbocycles. The normalized spacial score (nSPS) is 12.7. The summed E-state index contributed by atoms with van der Waals surface area (Å²) in [4.78, 5) is 25.6. The molecule has 1 aromatic heterocycles. The Morgan fingerprint density at radius 3 is 2.08 bits per heavy atom. The van der Waals surface area contributed by atoms with E-state index in [1.54, 1.807) is 36.4 Å². The fraction of sp³-hybridized carbons (Fsp3) is 0.241. The minimum Gasteiger partial charge on any atom is -0.479 e. The molecule has 3 aromatic carbocycles. The monoisotopic (exact) mass is 560 g/mol. The average Bonchev–Trinajstić information content (AvgIpc) is 2.86. The predicted octanol–water partition coefficient (Wildman–Crippen LogP) is 7.93. The van der Waals surface area contributed by atoms with E-state index in [0.717, 1.165) is 11.6 Å². The van der Waals surface area contributed by atoms with Crippen molar-refractivity contribution in [2.24, 2.45) is 0 Å². The van der Waals surface area contributed by atoms with Gasteiger partial charge in [-0.05, 0) is 66.4 Å². The van der Waals surface area contributed by atoms with Gasteiger partial charge >= 0.3 is 12.1 Å². The summed E-state index contributed by atoms with van der Waals surface area (Å²) in [7, 11) is 0. The Hall–Kier alpha value is -3.98. The maximum Gasteiger partial charge on any atom is 0.453 e. The number of alkyl halides is 3. The van der Waals surface area contributed by atoms with Crippen molar-refractivity contribution >= 4 is 28.5 Å². The number of carbonyl (C=O) groups excluding carboxylic acids is 1. The molecule has 0 aliphatic heterocycles. The molecule has 0 radical (unpaired) electrons. The molecule has 0 saturated carbocycles. The molecule has 39 heavy (non-hydrogen) atoms. The molecule has 0 N–H and O–H groups in total. The van der Waals surface area contributed by atoms with Crippen LogP contribution in [0, 0.1) is 0 Å². The lowest BCUT2D eigenvalue weighted by Crippen LogP contribution is -2.28. The second-order valence-corrected chi connectivity index (χ2v) is 10.2.